The molecule has 3 aromatic rings. The average molecular weight is 551 g/mol. The average Bonchev–Trinajstić information content (AvgIpc) is 3.47. The molecule has 6 nitrogen and oxygen atoms in total. The van der Waals surface area contributed by atoms with E-state index in [4.69, 9.17) is 14.7 Å². The summed E-state index contributed by atoms with van der Waals surface area (Å²) in [5.41, 5.74) is 6.90. The van der Waals surface area contributed by atoms with Crippen LogP contribution in [0.1, 0.15) is 74.1 Å². The van der Waals surface area contributed by atoms with Crippen molar-refractivity contribution in [2.75, 3.05) is 31.7 Å². The Labute approximate surface area is 244 Å². The summed E-state index contributed by atoms with van der Waals surface area (Å²) in [5, 5.41) is 1.04. The number of rotatable bonds is 7. The third-order valence-corrected chi connectivity index (χ3v) is 9.15. The minimum Gasteiger partial charge on any atom is -0.381 e. The van der Waals surface area contributed by atoms with Crippen LogP contribution in [0.5, 0.6) is 0 Å². The summed E-state index contributed by atoms with van der Waals surface area (Å²) >= 11 is 0. The molecular weight excluding hydrogens is 508 g/mol. The first-order chi connectivity index (χ1) is 20.1. The fourth-order valence-electron chi connectivity index (χ4n) is 6.94. The molecule has 0 N–H and O–H groups in total. The Hall–Kier alpha value is -3.51. The lowest BCUT2D eigenvalue weighted by molar-refractivity contribution is 0.0781. The first-order valence-electron chi connectivity index (χ1n) is 15.4. The number of carbonyl (C=O) groups excluding carboxylic acids is 1. The van der Waals surface area contributed by atoms with Crippen LogP contribution in [0.4, 0.5) is 5.82 Å². The van der Waals surface area contributed by atoms with Gasteiger partial charge in [0.25, 0.3) is 5.91 Å². The highest BCUT2D eigenvalue weighted by atomic mass is 16.5. The Balaban J connectivity index is 1.45. The summed E-state index contributed by atoms with van der Waals surface area (Å²) in [7, 11) is 2.11. The normalized spacial score (nSPS) is 21.2. The molecule has 41 heavy (non-hydrogen) atoms. The van der Waals surface area contributed by atoms with Gasteiger partial charge in [0.1, 0.15) is 5.82 Å². The molecule has 1 amide bonds. The van der Waals surface area contributed by atoms with Gasteiger partial charge in [0.05, 0.1) is 18.7 Å². The maximum Gasteiger partial charge on any atom is 0.258 e. The van der Waals surface area contributed by atoms with Crippen molar-refractivity contribution < 1.29 is 9.53 Å². The Morgan fingerprint density at radius 1 is 1.02 bits per heavy atom. The van der Waals surface area contributed by atoms with Crippen LogP contribution in [0.25, 0.3) is 10.9 Å². The SMILES string of the molecule is CCC1=C(CC)CCCC2Cc3ccccc3C(=O)N(Cc3nc(N(C)CC4CCOC4)c4ccccc4n3)C2=C1. The van der Waals surface area contributed by atoms with Crippen molar-refractivity contribution in [2.24, 2.45) is 11.8 Å². The van der Waals surface area contributed by atoms with Gasteiger partial charge in [-0.1, -0.05) is 49.8 Å². The highest BCUT2D eigenvalue weighted by Gasteiger charge is 2.33. The van der Waals surface area contributed by atoms with Gasteiger partial charge in [-0.2, -0.15) is 0 Å². The number of allylic oxidation sites excluding steroid dienone is 4. The van der Waals surface area contributed by atoms with Gasteiger partial charge < -0.3 is 14.5 Å². The van der Waals surface area contributed by atoms with E-state index in [0.29, 0.717) is 18.3 Å². The zero-order valence-electron chi connectivity index (χ0n) is 24.7. The predicted molar refractivity (Wildman–Crippen MR) is 165 cm³/mol. The Bertz CT molecular complexity index is 1490. The Morgan fingerprint density at radius 2 is 1.85 bits per heavy atom. The number of benzene rings is 2. The molecule has 1 aromatic heterocycles. The van der Waals surface area contributed by atoms with Gasteiger partial charge in [0.2, 0.25) is 0 Å². The van der Waals surface area contributed by atoms with E-state index in [1.54, 1.807) is 0 Å². The van der Waals surface area contributed by atoms with Crippen LogP contribution in [0.3, 0.4) is 0 Å². The van der Waals surface area contributed by atoms with Gasteiger partial charge in [0.15, 0.2) is 5.82 Å². The maximum atomic E-state index is 14.3. The van der Waals surface area contributed by atoms with E-state index in [1.165, 1.54) is 11.1 Å². The summed E-state index contributed by atoms with van der Waals surface area (Å²) in [6.45, 7) is 7.36. The number of aromatic nitrogens is 2. The highest BCUT2D eigenvalue weighted by Crippen LogP contribution is 2.38. The lowest BCUT2D eigenvalue weighted by Crippen LogP contribution is -2.33. The number of hydrogen-bond donors (Lipinski definition) is 0. The van der Waals surface area contributed by atoms with Crippen LogP contribution in [0.2, 0.25) is 0 Å². The number of ether oxygens (including phenoxy) is 1. The van der Waals surface area contributed by atoms with Gasteiger partial charge in [-0.15, -0.1) is 0 Å². The van der Waals surface area contributed by atoms with Crippen LogP contribution < -0.4 is 4.90 Å². The molecule has 0 radical (unpaired) electrons. The molecule has 2 atom stereocenters. The molecule has 0 saturated carbocycles. The van der Waals surface area contributed by atoms with Crippen molar-refractivity contribution in [3.05, 3.63) is 88.4 Å². The highest BCUT2D eigenvalue weighted by molar-refractivity contribution is 5.97. The summed E-state index contributed by atoms with van der Waals surface area (Å²) in [4.78, 5) is 28.8. The van der Waals surface area contributed by atoms with Crippen molar-refractivity contribution in [3.8, 4) is 0 Å². The second-order valence-electron chi connectivity index (χ2n) is 11.8. The van der Waals surface area contributed by atoms with E-state index in [9.17, 15) is 4.79 Å². The first-order valence-corrected chi connectivity index (χ1v) is 15.4. The molecule has 1 fully saturated rings. The second kappa shape index (κ2) is 12.2. The number of fused-ring (bicyclic) bond motifs is 3. The maximum absolute atomic E-state index is 14.3. The van der Waals surface area contributed by atoms with Gasteiger partial charge in [-0.05, 0) is 80.4 Å². The van der Waals surface area contributed by atoms with E-state index in [0.717, 1.165) is 98.2 Å². The molecule has 1 aliphatic carbocycles. The summed E-state index contributed by atoms with van der Waals surface area (Å²) < 4.78 is 5.65. The number of hydrogen-bond acceptors (Lipinski definition) is 5. The molecule has 1 saturated heterocycles. The first kappa shape index (κ1) is 27.6. The van der Waals surface area contributed by atoms with Gasteiger partial charge in [-0.25, -0.2) is 9.97 Å². The fraction of sp³-hybridized carbons (Fsp3) is 0.457. The zero-order chi connectivity index (χ0) is 28.3. The topological polar surface area (TPSA) is 58.6 Å². The minimum absolute atomic E-state index is 0.0539. The van der Waals surface area contributed by atoms with Crippen molar-refractivity contribution in [1.82, 2.24) is 14.9 Å². The monoisotopic (exact) mass is 550 g/mol. The van der Waals surface area contributed by atoms with E-state index in [1.807, 2.05) is 29.2 Å². The Morgan fingerprint density at radius 3 is 2.66 bits per heavy atom. The molecule has 214 valence electrons. The third-order valence-electron chi connectivity index (χ3n) is 9.15. The second-order valence-corrected chi connectivity index (χ2v) is 11.8. The molecule has 0 spiro atoms. The van der Waals surface area contributed by atoms with Crippen LogP contribution in [0, 0.1) is 11.8 Å². The van der Waals surface area contributed by atoms with Crippen LogP contribution in [0.15, 0.2) is 71.5 Å². The molecule has 6 heteroatoms. The van der Waals surface area contributed by atoms with Crippen molar-refractivity contribution in [3.63, 3.8) is 0 Å². The van der Waals surface area contributed by atoms with Crippen molar-refractivity contribution in [2.45, 2.75) is 65.3 Å². The zero-order valence-corrected chi connectivity index (χ0v) is 24.7. The van der Waals surface area contributed by atoms with Crippen molar-refractivity contribution >= 4 is 22.6 Å². The van der Waals surface area contributed by atoms with Crippen LogP contribution in [-0.2, 0) is 17.7 Å². The molecule has 3 heterocycles. The minimum atomic E-state index is 0.0539. The molecule has 3 aliphatic rings. The van der Waals surface area contributed by atoms with E-state index in [-0.39, 0.29) is 11.8 Å². The molecule has 2 unspecified atom stereocenters. The number of carbonyl (C=O) groups is 1. The molecule has 0 bridgehead atoms. The molecule has 2 aliphatic heterocycles. The number of amides is 1. The standard InChI is InChI=1S/C35H42N4O2/c1-4-25-12-10-13-28-19-27-11-6-7-14-29(27)35(40)39(32(28)20-26(25)5-2)22-33-36-31-16-9-8-15-30(31)34(37-33)38(3)21-24-17-18-41-23-24/h6-9,11,14-16,20,24,28H,4-5,10,12-13,17-19,21-23H2,1-3H3. The lowest BCUT2D eigenvalue weighted by Gasteiger charge is -2.31. The smallest absolute Gasteiger partial charge is 0.258 e. The number of nitrogens with zero attached hydrogens (tertiary/aromatic N) is 4. The molecule has 2 aromatic carbocycles. The predicted octanol–water partition coefficient (Wildman–Crippen LogP) is 7.10. The fourth-order valence-corrected chi connectivity index (χ4v) is 6.94. The van der Waals surface area contributed by atoms with Crippen LogP contribution in [-0.4, -0.2) is 47.6 Å². The quantitative estimate of drug-likeness (QED) is 0.314. The number of anilines is 1. The Kier molecular flexibility index (Phi) is 8.20. The van der Waals surface area contributed by atoms with E-state index < -0.39 is 0 Å². The summed E-state index contributed by atoms with van der Waals surface area (Å²) in [6, 6.07) is 16.4. The van der Waals surface area contributed by atoms with Gasteiger partial charge in [0, 0.05) is 48.7 Å². The third kappa shape index (κ3) is 5.67. The summed E-state index contributed by atoms with van der Waals surface area (Å²) in [6.07, 6.45) is 9.70. The van der Waals surface area contributed by atoms with E-state index >= 15 is 0 Å². The van der Waals surface area contributed by atoms with Gasteiger partial charge in [-0.3, -0.25) is 4.79 Å². The lowest BCUT2D eigenvalue weighted by atomic mass is 9.85. The summed E-state index contributed by atoms with van der Waals surface area (Å²) in [5.74, 6) is 2.44. The van der Waals surface area contributed by atoms with Gasteiger partial charge >= 0.3 is 0 Å². The largest absolute Gasteiger partial charge is 0.381 e. The van der Waals surface area contributed by atoms with Crippen LogP contribution >= 0.6 is 0 Å². The van der Waals surface area contributed by atoms with Crippen molar-refractivity contribution in [1.29, 1.82) is 0 Å². The van der Waals surface area contributed by atoms with E-state index in [2.05, 4.69) is 56.1 Å². The number of para-hydroxylation sites is 1. The molecule has 6 rings (SSSR count). The molecular formula is C35H42N4O2.